The third-order valence-electron chi connectivity index (χ3n) is 4.39. The van der Waals surface area contributed by atoms with Crippen LogP contribution in [0.4, 0.5) is 5.82 Å². The second-order valence-electron chi connectivity index (χ2n) is 6.09. The molecule has 0 radical (unpaired) electrons. The highest BCUT2D eigenvalue weighted by molar-refractivity contribution is 6.34. The molecule has 0 spiro atoms. The van der Waals surface area contributed by atoms with Crippen LogP contribution in [0.1, 0.15) is 18.5 Å². The lowest BCUT2D eigenvalue weighted by Gasteiger charge is -2.14. The molecule has 0 bridgehead atoms. The number of anilines is 1. The first-order chi connectivity index (χ1) is 12.2. The minimum absolute atomic E-state index is 0.156. The van der Waals surface area contributed by atoms with E-state index in [9.17, 15) is 0 Å². The number of halogens is 1. The maximum absolute atomic E-state index is 6.48. The predicted molar refractivity (Wildman–Crippen MR) is 105 cm³/mol. The molecule has 3 aromatic carbocycles. The van der Waals surface area contributed by atoms with E-state index in [1.54, 1.807) is 0 Å². The average Bonchev–Trinajstić information content (AvgIpc) is 3.04. The van der Waals surface area contributed by atoms with E-state index in [0.717, 1.165) is 27.8 Å². The molecule has 1 aromatic heterocycles. The Kier molecular flexibility index (Phi) is 4.16. The molecular weight excluding hydrogens is 330 g/mol. The summed E-state index contributed by atoms with van der Waals surface area (Å²) in [5.74, 6) is 0.834. The van der Waals surface area contributed by atoms with Crippen LogP contribution in [0.2, 0.25) is 5.02 Å². The van der Waals surface area contributed by atoms with E-state index >= 15 is 0 Å². The van der Waals surface area contributed by atoms with E-state index in [2.05, 4.69) is 52.8 Å². The van der Waals surface area contributed by atoms with Crippen LogP contribution in [0.5, 0.6) is 0 Å². The summed E-state index contributed by atoms with van der Waals surface area (Å²) in [5, 5.41) is 12.7. The summed E-state index contributed by atoms with van der Waals surface area (Å²) >= 11 is 6.48. The molecule has 4 heteroatoms. The van der Waals surface area contributed by atoms with Crippen molar-refractivity contribution in [3.8, 4) is 11.1 Å². The van der Waals surface area contributed by atoms with E-state index in [4.69, 9.17) is 11.6 Å². The highest BCUT2D eigenvalue weighted by Crippen LogP contribution is 2.34. The number of rotatable bonds is 4. The van der Waals surface area contributed by atoms with Gasteiger partial charge >= 0.3 is 0 Å². The zero-order valence-electron chi connectivity index (χ0n) is 13.8. The zero-order valence-corrected chi connectivity index (χ0v) is 14.6. The first-order valence-electron chi connectivity index (χ1n) is 8.27. The van der Waals surface area contributed by atoms with E-state index in [0.29, 0.717) is 5.02 Å². The number of nitrogens with zero attached hydrogens (tertiary/aromatic N) is 1. The minimum Gasteiger partial charge on any atom is -0.362 e. The number of fused-ring (bicyclic) bond motifs is 1. The summed E-state index contributed by atoms with van der Waals surface area (Å²) in [6, 6.07) is 24.7. The standard InChI is InChI=1S/C21H18ClN3/c1-14(15-8-4-2-5-9-15)23-21-18-12-17(16-10-6-3-7-11-16)19(22)13-20(18)24-25-21/h2-14H,1H3,(H2,23,24,25). The second-order valence-corrected chi connectivity index (χ2v) is 6.50. The molecule has 1 atom stereocenters. The van der Waals surface area contributed by atoms with Gasteiger partial charge in [0, 0.05) is 10.9 Å². The lowest BCUT2D eigenvalue weighted by molar-refractivity contribution is 0.872. The van der Waals surface area contributed by atoms with Crippen molar-refractivity contribution in [3.63, 3.8) is 0 Å². The fraction of sp³-hybridized carbons (Fsp3) is 0.0952. The Labute approximate surface area is 151 Å². The quantitative estimate of drug-likeness (QED) is 0.471. The predicted octanol–water partition coefficient (Wildman–Crippen LogP) is 6.06. The van der Waals surface area contributed by atoms with Crippen LogP contribution in [0, 0.1) is 0 Å². The molecular formula is C21H18ClN3. The van der Waals surface area contributed by atoms with Crippen molar-refractivity contribution in [2.75, 3.05) is 5.32 Å². The molecule has 0 aliphatic rings. The normalized spacial score (nSPS) is 12.2. The lowest BCUT2D eigenvalue weighted by Crippen LogP contribution is -2.06. The van der Waals surface area contributed by atoms with Gasteiger partial charge in [-0.1, -0.05) is 72.3 Å². The summed E-state index contributed by atoms with van der Waals surface area (Å²) in [5.41, 5.74) is 4.24. The monoisotopic (exact) mass is 347 g/mol. The molecule has 1 unspecified atom stereocenters. The summed E-state index contributed by atoms with van der Waals surface area (Å²) in [7, 11) is 0. The zero-order chi connectivity index (χ0) is 17.2. The van der Waals surface area contributed by atoms with Crippen LogP contribution >= 0.6 is 11.6 Å². The summed E-state index contributed by atoms with van der Waals surface area (Å²) < 4.78 is 0. The fourth-order valence-corrected chi connectivity index (χ4v) is 3.29. The second kappa shape index (κ2) is 6.61. The van der Waals surface area contributed by atoms with Gasteiger partial charge in [-0.05, 0) is 30.2 Å². The third kappa shape index (κ3) is 3.11. The van der Waals surface area contributed by atoms with Crippen molar-refractivity contribution in [2.45, 2.75) is 13.0 Å². The Morgan fingerprint density at radius 2 is 1.64 bits per heavy atom. The van der Waals surface area contributed by atoms with Gasteiger partial charge in [0.2, 0.25) is 0 Å². The van der Waals surface area contributed by atoms with E-state index in [1.807, 2.05) is 42.5 Å². The molecule has 0 amide bonds. The van der Waals surface area contributed by atoms with Gasteiger partial charge in [0.1, 0.15) is 0 Å². The Hall–Kier alpha value is -2.78. The van der Waals surface area contributed by atoms with E-state index in [-0.39, 0.29) is 6.04 Å². The van der Waals surface area contributed by atoms with Gasteiger partial charge in [0.25, 0.3) is 0 Å². The van der Waals surface area contributed by atoms with Crippen molar-refractivity contribution in [2.24, 2.45) is 0 Å². The van der Waals surface area contributed by atoms with Crippen molar-refractivity contribution in [3.05, 3.63) is 83.4 Å². The van der Waals surface area contributed by atoms with Crippen molar-refractivity contribution >= 4 is 28.3 Å². The maximum atomic E-state index is 6.48. The number of hydrogen-bond acceptors (Lipinski definition) is 2. The molecule has 0 aliphatic carbocycles. The number of benzene rings is 3. The van der Waals surface area contributed by atoms with Gasteiger partial charge in [-0.3, -0.25) is 5.10 Å². The number of hydrogen-bond donors (Lipinski definition) is 2. The first kappa shape index (κ1) is 15.7. The number of nitrogens with one attached hydrogen (secondary N) is 2. The SMILES string of the molecule is CC(Nc1n[nH]c2cc(Cl)c(-c3ccccc3)cc12)c1ccccc1. The number of aromatic nitrogens is 2. The number of aromatic amines is 1. The molecule has 0 fully saturated rings. The molecule has 1 heterocycles. The van der Waals surface area contributed by atoms with Crippen LogP contribution in [0.15, 0.2) is 72.8 Å². The number of H-pyrrole nitrogens is 1. The van der Waals surface area contributed by atoms with Crippen molar-refractivity contribution in [1.82, 2.24) is 10.2 Å². The summed E-state index contributed by atoms with van der Waals surface area (Å²) in [6.07, 6.45) is 0. The first-order valence-corrected chi connectivity index (χ1v) is 8.64. The molecule has 3 nitrogen and oxygen atoms in total. The largest absolute Gasteiger partial charge is 0.362 e. The van der Waals surface area contributed by atoms with Crippen LogP contribution < -0.4 is 5.32 Å². The highest BCUT2D eigenvalue weighted by atomic mass is 35.5. The molecule has 25 heavy (non-hydrogen) atoms. The van der Waals surface area contributed by atoms with Gasteiger partial charge in [-0.15, -0.1) is 0 Å². The topological polar surface area (TPSA) is 40.7 Å². The summed E-state index contributed by atoms with van der Waals surface area (Å²) in [6.45, 7) is 2.13. The molecule has 0 saturated carbocycles. The molecule has 2 N–H and O–H groups in total. The van der Waals surface area contributed by atoms with Gasteiger partial charge in [0.05, 0.1) is 16.6 Å². The van der Waals surface area contributed by atoms with Crippen LogP contribution in [0.25, 0.3) is 22.0 Å². The van der Waals surface area contributed by atoms with E-state index in [1.165, 1.54) is 5.56 Å². The highest BCUT2D eigenvalue weighted by Gasteiger charge is 2.13. The Bertz CT molecular complexity index is 994. The lowest BCUT2D eigenvalue weighted by atomic mass is 10.0. The smallest absolute Gasteiger partial charge is 0.156 e. The van der Waals surface area contributed by atoms with Gasteiger partial charge in [0.15, 0.2) is 5.82 Å². The van der Waals surface area contributed by atoms with Gasteiger partial charge in [-0.25, -0.2) is 0 Å². The molecule has 124 valence electrons. The van der Waals surface area contributed by atoms with Crippen LogP contribution in [-0.4, -0.2) is 10.2 Å². The minimum atomic E-state index is 0.156. The molecule has 4 aromatic rings. The van der Waals surface area contributed by atoms with Crippen molar-refractivity contribution < 1.29 is 0 Å². The Morgan fingerprint density at radius 1 is 0.960 bits per heavy atom. The fourth-order valence-electron chi connectivity index (χ4n) is 3.02. The Balaban J connectivity index is 1.73. The molecule has 0 aliphatic heterocycles. The van der Waals surface area contributed by atoms with Crippen molar-refractivity contribution in [1.29, 1.82) is 0 Å². The van der Waals surface area contributed by atoms with Crippen LogP contribution in [-0.2, 0) is 0 Å². The van der Waals surface area contributed by atoms with Gasteiger partial charge in [-0.2, -0.15) is 5.10 Å². The maximum Gasteiger partial charge on any atom is 0.156 e. The molecule has 4 rings (SSSR count). The van der Waals surface area contributed by atoms with Crippen LogP contribution in [0.3, 0.4) is 0 Å². The van der Waals surface area contributed by atoms with E-state index < -0.39 is 0 Å². The average molecular weight is 348 g/mol. The van der Waals surface area contributed by atoms with Gasteiger partial charge < -0.3 is 5.32 Å². The summed E-state index contributed by atoms with van der Waals surface area (Å²) in [4.78, 5) is 0. The Morgan fingerprint density at radius 3 is 2.36 bits per heavy atom. The molecule has 0 saturated heterocycles. The third-order valence-corrected chi connectivity index (χ3v) is 4.70.